The molecule has 1 atom stereocenters. The van der Waals surface area contributed by atoms with Crippen LogP contribution < -0.4 is 4.74 Å². The van der Waals surface area contributed by atoms with Gasteiger partial charge >= 0.3 is 0 Å². The highest BCUT2D eigenvalue weighted by Crippen LogP contribution is 2.48. The Balaban J connectivity index is 1.64. The van der Waals surface area contributed by atoms with E-state index in [1.54, 1.807) is 18.3 Å². The molecule has 146 valence electrons. The van der Waals surface area contributed by atoms with Crippen LogP contribution in [0.2, 0.25) is 5.28 Å². The van der Waals surface area contributed by atoms with Crippen molar-refractivity contribution in [1.29, 1.82) is 0 Å². The smallest absolute Gasteiger partial charge is 0.227 e. The van der Waals surface area contributed by atoms with Crippen molar-refractivity contribution >= 4 is 38.9 Å². The molecule has 0 aliphatic heterocycles. The molecule has 0 aromatic carbocycles. The molecule has 0 saturated heterocycles. The van der Waals surface area contributed by atoms with Crippen molar-refractivity contribution in [3.63, 3.8) is 0 Å². The van der Waals surface area contributed by atoms with Gasteiger partial charge in [0.05, 0.1) is 5.39 Å². The van der Waals surface area contributed by atoms with Gasteiger partial charge < -0.3 is 14.4 Å². The Morgan fingerprint density at radius 1 is 1.22 bits per heavy atom. The maximum absolute atomic E-state index is 11.7. The molecule has 2 aromatic rings. The number of hydrogen-bond donors (Lipinski definition) is 0. The first-order valence-corrected chi connectivity index (χ1v) is 10.9. The van der Waals surface area contributed by atoms with Gasteiger partial charge in [0, 0.05) is 17.3 Å². The molecule has 2 aliphatic carbocycles. The van der Waals surface area contributed by atoms with Gasteiger partial charge in [-0.3, -0.25) is 0 Å². The van der Waals surface area contributed by atoms with Gasteiger partial charge in [-0.2, -0.15) is 4.98 Å². The summed E-state index contributed by atoms with van der Waals surface area (Å²) in [6.07, 6.45) is 7.08. The molecule has 2 heterocycles. The minimum Gasteiger partial charge on any atom is -0.474 e. The van der Waals surface area contributed by atoms with Crippen LogP contribution in [0.3, 0.4) is 0 Å². The van der Waals surface area contributed by atoms with Gasteiger partial charge in [0.2, 0.25) is 11.2 Å². The molecule has 0 N–H and O–H groups in total. The second-order valence-corrected chi connectivity index (χ2v) is 9.49. The Morgan fingerprint density at radius 2 is 1.96 bits per heavy atom. The van der Waals surface area contributed by atoms with Crippen molar-refractivity contribution in [3.8, 4) is 5.88 Å². The molecule has 0 spiro atoms. The zero-order valence-electron chi connectivity index (χ0n) is 16.1. The molecule has 4 rings (SSSR count). The topological polar surface area (TPSA) is 55.3 Å². The number of carbonyl (C=O) groups is 1. The van der Waals surface area contributed by atoms with Crippen molar-refractivity contribution in [2.45, 2.75) is 69.9 Å². The summed E-state index contributed by atoms with van der Waals surface area (Å²) in [4.78, 5) is 25.1. The van der Waals surface area contributed by atoms with Crippen molar-refractivity contribution in [2.24, 2.45) is 0 Å². The van der Waals surface area contributed by atoms with E-state index >= 15 is 0 Å². The number of rotatable bonds is 5. The molecule has 2 aliphatic rings. The molecule has 0 amide bonds. The zero-order valence-corrected chi connectivity index (χ0v) is 17.7. The Bertz CT molecular complexity index is 859. The van der Waals surface area contributed by atoms with Crippen molar-refractivity contribution in [3.05, 3.63) is 15.7 Å². The van der Waals surface area contributed by atoms with E-state index in [0.29, 0.717) is 18.3 Å². The first kappa shape index (κ1) is 19.1. The summed E-state index contributed by atoms with van der Waals surface area (Å²) in [5, 5.41) is 1.24. The number of Topliss-reactive ketones (excluding diaryl/α,β-unsaturated/α-hetero) is 1. The van der Waals surface area contributed by atoms with E-state index in [1.165, 1.54) is 10.4 Å². The summed E-state index contributed by atoms with van der Waals surface area (Å²) in [6.45, 7) is 1.67. The van der Waals surface area contributed by atoms with Gasteiger partial charge in [-0.1, -0.05) is 0 Å². The van der Waals surface area contributed by atoms with Gasteiger partial charge in [-0.25, -0.2) is 4.98 Å². The number of aromatic nitrogens is 2. The minimum absolute atomic E-state index is 0.165. The van der Waals surface area contributed by atoms with Crippen LogP contribution in [0.1, 0.15) is 61.8 Å². The predicted molar refractivity (Wildman–Crippen MR) is 109 cm³/mol. The third-order valence-corrected chi connectivity index (χ3v) is 7.25. The summed E-state index contributed by atoms with van der Waals surface area (Å²) in [7, 11) is 4.28. The fourth-order valence-electron chi connectivity index (χ4n) is 4.55. The number of ether oxygens (including phenoxy) is 1. The number of thiophene rings is 1. The van der Waals surface area contributed by atoms with Gasteiger partial charge in [-0.15, -0.1) is 11.3 Å². The van der Waals surface area contributed by atoms with Gasteiger partial charge in [0.25, 0.3) is 0 Å². The quantitative estimate of drug-likeness (QED) is 0.677. The highest BCUT2D eigenvalue weighted by atomic mass is 35.5. The monoisotopic (exact) mass is 407 g/mol. The number of fused-ring (bicyclic) bond motifs is 3. The third kappa shape index (κ3) is 3.84. The molecule has 5 nitrogen and oxygen atoms in total. The van der Waals surface area contributed by atoms with Crippen molar-refractivity contribution < 1.29 is 9.53 Å². The molecule has 27 heavy (non-hydrogen) atoms. The molecular formula is C20H26ClN3O2S. The number of carbonyl (C=O) groups excluding carboxylic acids is 1. The second-order valence-electron chi connectivity index (χ2n) is 8.07. The van der Waals surface area contributed by atoms with Crippen LogP contribution in [0.25, 0.3) is 10.2 Å². The Hall–Kier alpha value is -1.24. The third-order valence-electron chi connectivity index (χ3n) is 5.92. The molecule has 0 unspecified atom stereocenters. The van der Waals surface area contributed by atoms with Gasteiger partial charge in [0.1, 0.15) is 16.7 Å². The van der Waals surface area contributed by atoms with Crippen LogP contribution in [0, 0.1) is 0 Å². The SMILES string of the molecule is CC(=O)C[C@@H]1CCc2sc3nc(Cl)nc(OC4CCC(N(C)C)CC4)c3c21. The number of halogens is 1. The molecule has 1 saturated carbocycles. The standard InChI is InChI=1S/C20H26ClN3O2S/c1-11(25)10-12-4-9-15-16(12)17-18(22-20(21)23-19(17)27-15)26-14-7-5-13(6-8-14)24(2)3/h12-14H,4-10H2,1-3H3/t12-,13?,14?/m0/s1. The Kier molecular flexibility index (Phi) is 5.41. The lowest BCUT2D eigenvalue weighted by atomic mass is 9.92. The van der Waals surface area contributed by atoms with Gasteiger partial charge in [0.15, 0.2) is 0 Å². The first-order chi connectivity index (χ1) is 12.9. The van der Waals surface area contributed by atoms with Crippen molar-refractivity contribution in [1.82, 2.24) is 14.9 Å². The van der Waals surface area contributed by atoms with Crippen LogP contribution in [-0.4, -0.2) is 46.9 Å². The maximum Gasteiger partial charge on any atom is 0.227 e. The second kappa shape index (κ2) is 7.64. The highest BCUT2D eigenvalue weighted by Gasteiger charge is 2.32. The van der Waals surface area contributed by atoms with E-state index in [4.69, 9.17) is 16.3 Å². The van der Waals surface area contributed by atoms with E-state index in [1.807, 2.05) is 0 Å². The molecule has 0 radical (unpaired) electrons. The molecule has 2 aromatic heterocycles. The van der Waals surface area contributed by atoms with Gasteiger partial charge in [-0.05, 0) is 82.6 Å². The lowest BCUT2D eigenvalue weighted by Crippen LogP contribution is -2.35. The molecular weight excluding hydrogens is 382 g/mol. The largest absolute Gasteiger partial charge is 0.474 e. The molecule has 1 fully saturated rings. The van der Waals surface area contributed by atoms with E-state index in [9.17, 15) is 4.79 Å². The van der Waals surface area contributed by atoms with Crippen LogP contribution >= 0.6 is 22.9 Å². The number of aryl methyl sites for hydroxylation is 1. The van der Waals surface area contributed by atoms with E-state index in [2.05, 4.69) is 29.0 Å². The lowest BCUT2D eigenvalue weighted by Gasteiger charge is -2.32. The maximum atomic E-state index is 11.7. The summed E-state index contributed by atoms with van der Waals surface area (Å²) >= 11 is 7.87. The average molecular weight is 408 g/mol. The van der Waals surface area contributed by atoms with E-state index in [0.717, 1.165) is 48.7 Å². The van der Waals surface area contributed by atoms with Crippen LogP contribution in [0.4, 0.5) is 0 Å². The Labute approximate surface area is 169 Å². The highest BCUT2D eigenvalue weighted by molar-refractivity contribution is 7.19. The minimum atomic E-state index is 0.165. The summed E-state index contributed by atoms with van der Waals surface area (Å²) in [6, 6.07) is 0.629. The number of ketones is 1. The van der Waals surface area contributed by atoms with E-state index < -0.39 is 0 Å². The number of hydrogen-bond acceptors (Lipinski definition) is 6. The normalized spacial score (nSPS) is 25.1. The molecule has 7 heteroatoms. The lowest BCUT2D eigenvalue weighted by molar-refractivity contribution is -0.117. The summed E-state index contributed by atoms with van der Waals surface area (Å²) in [5.41, 5.74) is 1.24. The average Bonchev–Trinajstić information content (AvgIpc) is 3.14. The fraction of sp³-hybridized carbons (Fsp3) is 0.650. The van der Waals surface area contributed by atoms with Crippen LogP contribution in [-0.2, 0) is 11.2 Å². The molecule has 0 bridgehead atoms. The zero-order chi connectivity index (χ0) is 19.1. The van der Waals surface area contributed by atoms with Crippen molar-refractivity contribution in [2.75, 3.05) is 14.1 Å². The van der Waals surface area contributed by atoms with Crippen LogP contribution in [0.5, 0.6) is 5.88 Å². The Morgan fingerprint density at radius 3 is 2.63 bits per heavy atom. The summed E-state index contributed by atoms with van der Waals surface area (Å²) < 4.78 is 6.38. The van der Waals surface area contributed by atoms with Crippen LogP contribution in [0.15, 0.2) is 0 Å². The first-order valence-electron chi connectivity index (χ1n) is 9.73. The summed E-state index contributed by atoms with van der Waals surface area (Å²) in [5.74, 6) is 1.10. The predicted octanol–water partition coefficient (Wildman–Crippen LogP) is 4.61. The van der Waals surface area contributed by atoms with E-state index in [-0.39, 0.29) is 23.1 Å². The number of nitrogens with zero attached hydrogens (tertiary/aromatic N) is 3. The fourth-order valence-corrected chi connectivity index (χ4v) is 6.03.